The SMILES string of the molecule is FCCOc1ccc(CBr)cc1Cl. The van der Waals surface area contributed by atoms with Crippen molar-refractivity contribution in [3.05, 3.63) is 28.8 Å². The summed E-state index contributed by atoms with van der Waals surface area (Å²) in [7, 11) is 0. The van der Waals surface area contributed by atoms with Gasteiger partial charge in [-0.3, -0.25) is 0 Å². The Kier molecular flexibility index (Phi) is 4.53. The molecule has 13 heavy (non-hydrogen) atoms. The number of benzene rings is 1. The van der Waals surface area contributed by atoms with Gasteiger partial charge in [0.05, 0.1) is 5.02 Å². The smallest absolute Gasteiger partial charge is 0.138 e. The summed E-state index contributed by atoms with van der Waals surface area (Å²) in [6.07, 6.45) is 0. The lowest BCUT2D eigenvalue weighted by Gasteiger charge is -2.06. The highest BCUT2D eigenvalue weighted by Gasteiger charge is 2.01. The molecule has 0 aliphatic rings. The molecule has 1 rings (SSSR count). The second kappa shape index (κ2) is 5.45. The zero-order valence-corrected chi connectivity index (χ0v) is 9.24. The molecule has 0 saturated carbocycles. The molecule has 0 aliphatic carbocycles. The van der Waals surface area contributed by atoms with E-state index in [-0.39, 0.29) is 6.61 Å². The van der Waals surface area contributed by atoms with Crippen LogP contribution >= 0.6 is 27.5 Å². The molecule has 0 aliphatic heterocycles. The minimum Gasteiger partial charge on any atom is -0.489 e. The highest BCUT2D eigenvalue weighted by atomic mass is 79.9. The molecule has 1 aromatic carbocycles. The fourth-order valence-corrected chi connectivity index (χ4v) is 1.50. The lowest BCUT2D eigenvalue weighted by atomic mass is 10.2. The van der Waals surface area contributed by atoms with Gasteiger partial charge in [0.15, 0.2) is 0 Å². The first-order valence-electron chi connectivity index (χ1n) is 3.81. The molecule has 0 bridgehead atoms. The van der Waals surface area contributed by atoms with Crippen LogP contribution in [0.1, 0.15) is 5.56 Å². The Morgan fingerprint density at radius 1 is 1.46 bits per heavy atom. The number of halogens is 3. The summed E-state index contributed by atoms with van der Waals surface area (Å²) in [6.45, 7) is -0.454. The van der Waals surface area contributed by atoms with Gasteiger partial charge >= 0.3 is 0 Å². The van der Waals surface area contributed by atoms with Gasteiger partial charge in [-0.15, -0.1) is 0 Å². The minimum atomic E-state index is -0.503. The highest BCUT2D eigenvalue weighted by Crippen LogP contribution is 2.26. The molecule has 1 nitrogen and oxygen atoms in total. The Labute approximate surface area is 90.0 Å². The lowest BCUT2D eigenvalue weighted by molar-refractivity contribution is 0.273. The molecule has 0 amide bonds. The zero-order chi connectivity index (χ0) is 9.68. The average Bonchev–Trinajstić information content (AvgIpc) is 2.16. The molecule has 0 spiro atoms. The van der Waals surface area contributed by atoms with Gasteiger partial charge in [-0.25, -0.2) is 4.39 Å². The number of alkyl halides is 2. The van der Waals surface area contributed by atoms with E-state index < -0.39 is 6.67 Å². The molecule has 72 valence electrons. The molecule has 0 heterocycles. The fraction of sp³-hybridized carbons (Fsp3) is 0.333. The Morgan fingerprint density at radius 3 is 2.77 bits per heavy atom. The van der Waals surface area contributed by atoms with Crippen molar-refractivity contribution < 1.29 is 9.13 Å². The van der Waals surface area contributed by atoms with Gasteiger partial charge in [-0.1, -0.05) is 33.6 Å². The minimum absolute atomic E-state index is 0.0490. The maximum absolute atomic E-state index is 11.8. The van der Waals surface area contributed by atoms with Crippen LogP contribution in [0.2, 0.25) is 5.02 Å². The van der Waals surface area contributed by atoms with Crippen molar-refractivity contribution >= 4 is 27.5 Å². The Hall–Kier alpha value is -0.280. The standard InChI is InChI=1S/C9H9BrClFO/c10-6-7-1-2-9(8(11)5-7)13-4-3-12/h1-2,5H,3-4,6H2. The molecule has 1 aromatic rings. The highest BCUT2D eigenvalue weighted by molar-refractivity contribution is 9.08. The van der Waals surface area contributed by atoms with E-state index in [1.165, 1.54) is 0 Å². The van der Waals surface area contributed by atoms with Crippen LogP contribution in [0.4, 0.5) is 4.39 Å². The topological polar surface area (TPSA) is 9.23 Å². The van der Waals surface area contributed by atoms with Crippen molar-refractivity contribution in [1.82, 2.24) is 0 Å². The number of rotatable bonds is 4. The maximum Gasteiger partial charge on any atom is 0.138 e. The van der Waals surface area contributed by atoms with Crippen LogP contribution in [-0.2, 0) is 5.33 Å². The molecule has 0 aromatic heterocycles. The fourth-order valence-electron chi connectivity index (χ4n) is 0.893. The van der Waals surface area contributed by atoms with Crippen LogP contribution in [-0.4, -0.2) is 13.3 Å². The van der Waals surface area contributed by atoms with E-state index in [1.54, 1.807) is 12.1 Å². The van der Waals surface area contributed by atoms with Crippen LogP contribution in [0.25, 0.3) is 0 Å². The molecule has 0 saturated heterocycles. The second-order valence-corrected chi connectivity index (χ2v) is 3.40. The Bertz CT molecular complexity index is 280. The van der Waals surface area contributed by atoms with Gasteiger partial charge in [-0.05, 0) is 17.7 Å². The molecule has 0 N–H and O–H groups in total. The van der Waals surface area contributed by atoms with Crippen molar-refractivity contribution in [1.29, 1.82) is 0 Å². The average molecular weight is 268 g/mol. The third kappa shape index (κ3) is 3.16. The molecular weight excluding hydrogens is 258 g/mol. The Morgan fingerprint density at radius 2 is 2.23 bits per heavy atom. The summed E-state index contributed by atoms with van der Waals surface area (Å²) in [6, 6.07) is 5.42. The Balaban J connectivity index is 2.73. The number of hydrogen-bond donors (Lipinski definition) is 0. The van der Waals surface area contributed by atoms with Gasteiger partial charge in [0, 0.05) is 5.33 Å². The van der Waals surface area contributed by atoms with E-state index in [4.69, 9.17) is 16.3 Å². The summed E-state index contributed by atoms with van der Waals surface area (Å²) in [4.78, 5) is 0. The predicted octanol–water partition coefficient (Wildman–Crippen LogP) is 3.58. The monoisotopic (exact) mass is 266 g/mol. The first kappa shape index (κ1) is 10.8. The molecule has 0 unspecified atom stereocenters. The summed E-state index contributed by atoms with van der Waals surface area (Å²) in [5.41, 5.74) is 1.07. The quantitative estimate of drug-likeness (QED) is 0.758. The van der Waals surface area contributed by atoms with Crippen molar-refractivity contribution in [2.75, 3.05) is 13.3 Å². The molecule has 0 radical (unpaired) electrons. The van der Waals surface area contributed by atoms with Gasteiger partial charge in [-0.2, -0.15) is 0 Å². The van der Waals surface area contributed by atoms with Crippen molar-refractivity contribution in [2.24, 2.45) is 0 Å². The van der Waals surface area contributed by atoms with Crippen LogP contribution in [0.15, 0.2) is 18.2 Å². The molecule has 0 atom stereocenters. The van der Waals surface area contributed by atoms with E-state index in [1.807, 2.05) is 6.07 Å². The summed E-state index contributed by atoms with van der Waals surface area (Å²) in [5.74, 6) is 0.531. The van der Waals surface area contributed by atoms with Crippen LogP contribution in [0.3, 0.4) is 0 Å². The van der Waals surface area contributed by atoms with E-state index in [9.17, 15) is 4.39 Å². The normalized spacial score (nSPS) is 10.1. The third-order valence-electron chi connectivity index (χ3n) is 1.49. The van der Waals surface area contributed by atoms with Gasteiger partial charge < -0.3 is 4.74 Å². The summed E-state index contributed by atoms with van der Waals surface area (Å²) in [5, 5.41) is 1.27. The van der Waals surface area contributed by atoms with Crippen LogP contribution in [0, 0.1) is 0 Å². The third-order valence-corrected chi connectivity index (χ3v) is 2.43. The van der Waals surface area contributed by atoms with E-state index >= 15 is 0 Å². The van der Waals surface area contributed by atoms with E-state index in [2.05, 4.69) is 15.9 Å². The summed E-state index contributed by atoms with van der Waals surface area (Å²) >= 11 is 9.19. The predicted molar refractivity (Wildman–Crippen MR) is 55.6 cm³/mol. The van der Waals surface area contributed by atoms with Crippen molar-refractivity contribution in [3.63, 3.8) is 0 Å². The van der Waals surface area contributed by atoms with Gasteiger partial charge in [0.2, 0.25) is 0 Å². The van der Waals surface area contributed by atoms with E-state index in [0.717, 1.165) is 10.9 Å². The summed E-state index contributed by atoms with van der Waals surface area (Å²) < 4.78 is 16.8. The molecule has 4 heteroatoms. The lowest BCUT2D eigenvalue weighted by Crippen LogP contribution is -1.99. The van der Waals surface area contributed by atoms with Gasteiger partial charge in [0.25, 0.3) is 0 Å². The van der Waals surface area contributed by atoms with Gasteiger partial charge in [0.1, 0.15) is 19.0 Å². The van der Waals surface area contributed by atoms with Crippen LogP contribution in [0.5, 0.6) is 5.75 Å². The zero-order valence-electron chi connectivity index (χ0n) is 6.90. The first-order chi connectivity index (χ1) is 6.27. The first-order valence-corrected chi connectivity index (χ1v) is 5.31. The second-order valence-electron chi connectivity index (χ2n) is 2.44. The molecule has 0 fully saturated rings. The maximum atomic E-state index is 11.8. The number of hydrogen-bond acceptors (Lipinski definition) is 1. The van der Waals surface area contributed by atoms with Crippen LogP contribution < -0.4 is 4.74 Å². The van der Waals surface area contributed by atoms with Crippen molar-refractivity contribution in [3.8, 4) is 5.75 Å². The van der Waals surface area contributed by atoms with Crippen molar-refractivity contribution in [2.45, 2.75) is 5.33 Å². The molecular formula is C9H9BrClFO. The largest absolute Gasteiger partial charge is 0.489 e. The van der Waals surface area contributed by atoms with E-state index in [0.29, 0.717) is 10.8 Å². The number of ether oxygens (including phenoxy) is 1.